The molecule has 1 aromatic carbocycles. The van der Waals surface area contributed by atoms with Crippen molar-refractivity contribution in [2.75, 3.05) is 19.7 Å². The molecule has 1 amide bonds. The van der Waals surface area contributed by atoms with Crippen LogP contribution in [-0.2, 0) is 9.53 Å². The molecule has 0 bridgehead atoms. The number of aromatic nitrogens is 1. The fourth-order valence-corrected chi connectivity index (χ4v) is 4.76. The summed E-state index contributed by atoms with van der Waals surface area (Å²) in [6.07, 6.45) is 3.25. The van der Waals surface area contributed by atoms with E-state index in [4.69, 9.17) is 4.74 Å². The molecule has 3 heterocycles. The maximum absolute atomic E-state index is 12.5. The quantitative estimate of drug-likeness (QED) is 0.591. The van der Waals surface area contributed by atoms with Crippen molar-refractivity contribution in [1.82, 2.24) is 9.88 Å². The Balaban J connectivity index is 1.43. The number of benzene rings is 1. The van der Waals surface area contributed by atoms with Crippen molar-refractivity contribution in [1.29, 1.82) is 0 Å². The smallest absolute Gasteiger partial charge is 0.278 e. The third-order valence-corrected chi connectivity index (χ3v) is 6.27. The Bertz CT molecular complexity index is 839. The van der Waals surface area contributed by atoms with E-state index < -0.39 is 0 Å². The molecule has 142 valence electrons. The second-order valence-electron chi connectivity index (χ2n) is 6.95. The Morgan fingerprint density at radius 3 is 2.74 bits per heavy atom. The average molecular weight is 387 g/mol. The van der Waals surface area contributed by atoms with Crippen LogP contribution in [0.3, 0.4) is 0 Å². The summed E-state index contributed by atoms with van der Waals surface area (Å²) in [5.41, 5.74) is 1.28. The third-order valence-electron chi connectivity index (χ3n) is 5.26. The van der Waals surface area contributed by atoms with E-state index in [1.165, 1.54) is 6.07 Å². The molecule has 0 radical (unpaired) electrons. The summed E-state index contributed by atoms with van der Waals surface area (Å²) < 4.78 is 5.51. The van der Waals surface area contributed by atoms with Crippen molar-refractivity contribution in [2.45, 2.75) is 37.7 Å². The van der Waals surface area contributed by atoms with E-state index in [1.54, 1.807) is 29.5 Å². The van der Waals surface area contributed by atoms with Crippen LogP contribution in [0.15, 0.2) is 29.6 Å². The van der Waals surface area contributed by atoms with Crippen molar-refractivity contribution in [3.8, 4) is 11.3 Å². The van der Waals surface area contributed by atoms with Gasteiger partial charge >= 0.3 is 0 Å². The molecule has 0 N–H and O–H groups in total. The van der Waals surface area contributed by atoms with Crippen LogP contribution < -0.4 is 0 Å². The van der Waals surface area contributed by atoms with E-state index in [-0.39, 0.29) is 22.6 Å². The normalized spacial score (nSPS) is 20.7. The van der Waals surface area contributed by atoms with Gasteiger partial charge < -0.3 is 9.64 Å². The van der Waals surface area contributed by atoms with Crippen molar-refractivity contribution < 1.29 is 14.5 Å². The van der Waals surface area contributed by atoms with Gasteiger partial charge in [-0.2, -0.15) is 0 Å². The van der Waals surface area contributed by atoms with Crippen LogP contribution in [0.25, 0.3) is 11.3 Å². The number of nitro benzene ring substituents is 1. The van der Waals surface area contributed by atoms with Gasteiger partial charge in [-0.15, -0.1) is 11.3 Å². The molecular weight excluding hydrogens is 366 g/mol. The number of para-hydroxylation sites is 1. The molecule has 1 aromatic heterocycles. The first-order valence-corrected chi connectivity index (χ1v) is 10.1. The van der Waals surface area contributed by atoms with Crippen LogP contribution >= 0.6 is 11.3 Å². The zero-order chi connectivity index (χ0) is 18.8. The summed E-state index contributed by atoms with van der Waals surface area (Å²) in [7, 11) is 0. The number of ether oxygens (including phenoxy) is 1. The Kier molecular flexibility index (Phi) is 5.18. The van der Waals surface area contributed by atoms with E-state index in [9.17, 15) is 14.9 Å². The van der Waals surface area contributed by atoms with E-state index >= 15 is 0 Å². The molecule has 2 aromatic rings. The molecule has 2 fully saturated rings. The number of amides is 1. The molecule has 27 heavy (non-hydrogen) atoms. The maximum Gasteiger partial charge on any atom is 0.278 e. The number of nitro groups is 1. The first-order valence-electron chi connectivity index (χ1n) is 9.23. The predicted octanol–water partition coefficient (Wildman–Crippen LogP) is 3.60. The van der Waals surface area contributed by atoms with Gasteiger partial charge in [-0.25, -0.2) is 4.98 Å². The molecule has 0 saturated carbocycles. The number of rotatable bonds is 4. The minimum Gasteiger partial charge on any atom is -0.368 e. The Morgan fingerprint density at radius 1 is 1.26 bits per heavy atom. The van der Waals surface area contributed by atoms with Crippen LogP contribution in [0.4, 0.5) is 5.69 Å². The summed E-state index contributed by atoms with van der Waals surface area (Å²) in [4.78, 5) is 29.9. The molecule has 0 aliphatic carbocycles. The number of carbonyl (C=O) groups is 1. The molecule has 8 heteroatoms. The van der Waals surface area contributed by atoms with E-state index in [2.05, 4.69) is 4.98 Å². The van der Waals surface area contributed by atoms with Gasteiger partial charge in [0.25, 0.3) is 11.6 Å². The molecule has 2 saturated heterocycles. The topological polar surface area (TPSA) is 85.6 Å². The minimum absolute atomic E-state index is 0.0753. The van der Waals surface area contributed by atoms with Crippen LogP contribution in [0, 0.1) is 10.1 Å². The van der Waals surface area contributed by atoms with Crippen molar-refractivity contribution in [3.05, 3.63) is 44.8 Å². The number of hydrogen-bond donors (Lipinski definition) is 0. The lowest BCUT2D eigenvalue weighted by Crippen LogP contribution is -2.43. The zero-order valence-corrected chi connectivity index (χ0v) is 15.7. The molecule has 1 atom stereocenters. The summed E-state index contributed by atoms with van der Waals surface area (Å²) in [5, 5.41) is 14.1. The Morgan fingerprint density at radius 2 is 2.04 bits per heavy atom. The zero-order valence-electron chi connectivity index (χ0n) is 14.9. The van der Waals surface area contributed by atoms with Gasteiger partial charge in [0.15, 0.2) is 0 Å². The molecule has 7 nitrogen and oxygen atoms in total. The molecule has 4 rings (SSSR count). The number of likely N-dealkylation sites (tertiary alicyclic amines) is 1. The standard InChI is InChI=1S/C19H21N3O4S/c23-19(17-6-3-11-26-17)21-9-7-13(8-10-21)18-20-15(12-27-18)14-4-1-2-5-16(14)22(24)25/h1-2,4-5,12-13,17H,3,6-11H2. The third kappa shape index (κ3) is 3.72. The lowest BCUT2D eigenvalue weighted by molar-refractivity contribution is -0.384. The van der Waals surface area contributed by atoms with Crippen molar-refractivity contribution >= 4 is 22.9 Å². The minimum atomic E-state index is -0.371. The lowest BCUT2D eigenvalue weighted by atomic mass is 9.97. The largest absolute Gasteiger partial charge is 0.368 e. The second-order valence-corrected chi connectivity index (χ2v) is 7.84. The average Bonchev–Trinajstić information content (AvgIpc) is 3.40. The van der Waals surface area contributed by atoms with Gasteiger partial charge in [-0.3, -0.25) is 14.9 Å². The first kappa shape index (κ1) is 18.1. The lowest BCUT2D eigenvalue weighted by Gasteiger charge is -2.32. The molecule has 2 aliphatic rings. The van der Waals surface area contributed by atoms with Crippen LogP contribution in [-0.4, -0.2) is 46.5 Å². The monoisotopic (exact) mass is 387 g/mol. The van der Waals surface area contributed by atoms with Gasteiger partial charge in [0.2, 0.25) is 0 Å². The maximum atomic E-state index is 12.5. The summed E-state index contributed by atoms with van der Waals surface area (Å²) in [5.74, 6) is 0.408. The first-order chi connectivity index (χ1) is 13.1. The summed E-state index contributed by atoms with van der Waals surface area (Å²) in [6, 6.07) is 6.69. The summed E-state index contributed by atoms with van der Waals surface area (Å²) >= 11 is 1.54. The Labute approximate surface area is 161 Å². The van der Waals surface area contributed by atoms with E-state index in [1.807, 2.05) is 10.3 Å². The highest BCUT2D eigenvalue weighted by atomic mass is 32.1. The Hall–Kier alpha value is -2.32. The van der Waals surface area contributed by atoms with E-state index in [0.29, 0.717) is 36.9 Å². The van der Waals surface area contributed by atoms with E-state index in [0.717, 1.165) is 30.7 Å². The highest BCUT2D eigenvalue weighted by Crippen LogP contribution is 2.35. The number of hydrogen-bond acceptors (Lipinski definition) is 6. The van der Waals surface area contributed by atoms with Crippen molar-refractivity contribution in [3.63, 3.8) is 0 Å². The molecular formula is C19H21N3O4S. The number of carbonyl (C=O) groups excluding carboxylic acids is 1. The highest BCUT2D eigenvalue weighted by Gasteiger charge is 2.32. The SMILES string of the molecule is O=C(C1CCCO1)N1CCC(c2nc(-c3ccccc3[N+](=O)[O-])cs2)CC1. The van der Waals surface area contributed by atoms with Gasteiger partial charge in [0.05, 0.1) is 21.2 Å². The van der Waals surface area contributed by atoms with Crippen LogP contribution in [0.1, 0.15) is 36.6 Å². The number of piperidine rings is 1. The summed E-state index contributed by atoms with van der Waals surface area (Å²) in [6.45, 7) is 2.11. The van der Waals surface area contributed by atoms with Crippen LogP contribution in [0.5, 0.6) is 0 Å². The van der Waals surface area contributed by atoms with Gasteiger partial charge in [0.1, 0.15) is 6.10 Å². The predicted molar refractivity (Wildman–Crippen MR) is 102 cm³/mol. The fourth-order valence-electron chi connectivity index (χ4n) is 3.77. The van der Waals surface area contributed by atoms with Crippen LogP contribution in [0.2, 0.25) is 0 Å². The second kappa shape index (κ2) is 7.74. The highest BCUT2D eigenvalue weighted by molar-refractivity contribution is 7.10. The fraction of sp³-hybridized carbons (Fsp3) is 0.474. The number of thiazole rings is 1. The molecule has 2 aliphatic heterocycles. The van der Waals surface area contributed by atoms with Gasteiger partial charge in [-0.05, 0) is 31.7 Å². The van der Waals surface area contributed by atoms with Gasteiger partial charge in [-0.1, -0.05) is 12.1 Å². The van der Waals surface area contributed by atoms with Crippen molar-refractivity contribution in [2.24, 2.45) is 0 Å². The number of nitrogens with zero attached hydrogens (tertiary/aromatic N) is 3. The molecule has 0 spiro atoms. The van der Waals surface area contributed by atoms with Gasteiger partial charge in [0, 0.05) is 37.1 Å². The molecule has 1 unspecified atom stereocenters.